The maximum Gasteiger partial charge on any atom is 0.342 e. The van der Waals surface area contributed by atoms with Crippen LogP contribution in [0.2, 0.25) is 10.0 Å². The number of nitrogens with zero attached hydrogens (tertiary/aromatic N) is 4. The highest BCUT2D eigenvalue weighted by Crippen LogP contribution is 2.30. The summed E-state index contributed by atoms with van der Waals surface area (Å²) < 4.78 is 0. The number of carbonyl (C=O) groups excluding carboxylic acids is 3. The van der Waals surface area contributed by atoms with Crippen LogP contribution >= 0.6 is 23.2 Å². The van der Waals surface area contributed by atoms with Gasteiger partial charge in [-0.2, -0.15) is 0 Å². The van der Waals surface area contributed by atoms with Gasteiger partial charge in [0.2, 0.25) is 5.91 Å². The van der Waals surface area contributed by atoms with Crippen LogP contribution in [-0.4, -0.2) is 65.5 Å². The number of carbonyl (C=O) groups is 3. The molecule has 2 saturated heterocycles. The zero-order chi connectivity index (χ0) is 23.1. The van der Waals surface area contributed by atoms with Crippen molar-refractivity contribution in [2.24, 2.45) is 0 Å². The van der Waals surface area contributed by atoms with Crippen LogP contribution in [0.1, 0.15) is 27.9 Å². The van der Waals surface area contributed by atoms with Crippen LogP contribution in [0.25, 0.3) is 0 Å². The SMILES string of the molecule is O=C1CCN(N2Cc3cc(CN4CCN(c5cc(Cl)ccc5Cl)CC4)ccc3C2=O)C(=O)N1. The topological polar surface area (TPSA) is 76.2 Å². The van der Waals surface area contributed by atoms with Crippen LogP contribution in [-0.2, 0) is 17.9 Å². The number of piperazine rings is 1. The minimum absolute atomic E-state index is 0.184. The molecule has 2 aromatic rings. The predicted molar refractivity (Wildman–Crippen MR) is 125 cm³/mol. The summed E-state index contributed by atoms with van der Waals surface area (Å²) in [6.07, 6.45) is 0.184. The average molecular weight is 488 g/mol. The number of nitrogens with one attached hydrogen (secondary N) is 1. The standard InChI is InChI=1S/C23H23Cl2N5O3/c24-17-2-4-19(25)20(12-17)28-9-7-27(8-10-28)13-15-1-3-18-16(11-15)14-30(22(18)32)29-6-5-21(31)26-23(29)33/h1-4,11-12H,5-10,13-14H2,(H,26,31,33). The van der Waals surface area contributed by atoms with E-state index in [-0.39, 0.29) is 24.8 Å². The van der Waals surface area contributed by atoms with E-state index in [4.69, 9.17) is 23.2 Å². The number of hydrogen-bond donors (Lipinski definition) is 1. The van der Waals surface area contributed by atoms with Crippen molar-refractivity contribution in [2.45, 2.75) is 19.5 Å². The minimum Gasteiger partial charge on any atom is -0.368 e. The van der Waals surface area contributed by atoms with Crippen molar-refractivity contribution in [3.63, 3.8) is 0 Å². The first-order valence-corrected chi connectivity index (χ1v) is 11.6. The number of amides is 4. The third-order valence-corrected chi connectivity index (χ3v) is 6.86. The molecule has 0 radical (unpaired) electrons. The Balaban J connectivity index is 1.22. The number of hydrazine groups is 1. The molecule has 2 fully saturated rings. The number of anilines is 1. The Kier molecular flexibility index (Phi) is 5.90. The Morgan fingerprint density at radius 1 is 0.879 bits per heavy atom. The fourth-order valence-electron chi connectivity index (χ4n) is 4.57. The van der Waals surface area contributed by atoms with Crippen LogP contribution in [0.15, 0.2) is 36.4 Å². The van der Waals surface area contributed by atoms with Gasteiger partial charge >= 0.3 is 6.03 Å². The van der Waals surface area contributed by atoms with Crippen molar-refractivity contribution in [1.29, 1.82) is 0 Å². The molecule has 10 heteroatoms. The average Bonchev–Trinajstić information content (AvgIpc) is 3.11. The Labute approximate surface area is 201 Å². The summed E-state index contributed by atoms with van der Waals surface area (Å²) in [5.41, 5.74) is 3.58. The number of fused-ring (bicyclic) bond motifs is 1. The van der Waals surface area contributed by atoms with Gasteiger partial charge in [-0.3, -0.25) is 19.8 Å². The first-order valence-electron chi connectivity index (χ1n) is 10.9. The van der Waals surface area contributed by atoms with Gasteiger partial charge in [0.25, 0.3) is 5.91 Å². The molecule has 172 valence electrons. The maximum absolute atomic E-state index is 12.8. The van der Waals surface area contributed by atoms with Gasteiger partial charge in [0.1, 0.15) is 0 Å². The van der Waals surface area contributed by atoms with Gasteiger partial charge in [-0.05, 0) is 35.4 Å². The fourth-order valence-corrected chi connectivity index (χ4v) is 4.97. The monoisotopic (exact) mass is 487 g/mol. The quantitative estimate of drug-likeness (QED) is 0.716. The molecule has 0 saturated carbocycles. The van der Waals surface area contributed by atoms with Crippen LogP contribution in [0.5, 0.6) is 0 Å². The largest absolute Gasteiger partial charge is 0.368 e. The second-order valence-corrected chi connectivity index (χ2v) is 9.28. The molecule has 0 bridgehead atoms. The van der Waals surface area contributed by atoms with Gasteiger partial charge < -0.3 is 4.90 Å². The van der Waals surface area contributed by atoms with Crippen molar-refractivity contribution < 1.29 is 14.4 Å². The first kappa shape index (κ1) is 22.0. The van der Waals surface area contributed by atoms with Crippen LogP contribution in [0.3, 0.4) is 0 Å². The van der Waals surface area contributed by atoms with E-state index in [0.29, 0.717) is 22.2 Å². The molecular weight excluding hydrogens is 465 g/mol. The minimum atomic E-state index is -0.551. The molecule has 0 spiro atoms. The van der Waals surface area contributed by atoms with Crippen molar-refractivity contribution in [1.82, 2.24) is 20.2 Å². The summed E-state index contributed by atoms with van der Waals surface area (Å²) in [5, 5.41) is 6.39. The van der Waals surface area contributed by atoms with E-state index in [0.717, 1.165) is 49.5 Å². The number of hydrogen-bond acceptors (Lipinski definition) is 5. The number of benzene rings is 2. The van der Waals surface area contributed by atoms with Crippen molar-refractivity contribution in [2.75, 3.05) is 37.6 Å². The molecule has 1 N–H and O–H groups in total. The Hall–Kier alpha value is -2.81. The number of urea groups is 1. The van der Waals surface area contributed by atoms with E-state index >= 15 is 0 Å². The van der Waals surface area contributed by atoms with E-state index < -0.39 is 6.03 Å². The molecule has 8 nitrogen and oxygen atoms in total. The van der Waals surface area contributed by atoms with Crippen LogP contribution < -0.4 is 10.2 Å². The lowest BCUT2D eigenvalue weighted by Gasteiger charge is -2.36. The molecule has 3 heterocycles. The van der Waals surface area contributed by atoms with Gasteiger partial charge in [-0.25, -0.2) is 14.8 Å². The normalized spacial score (nSPS) is 19.2. The third kappa shape index (κ3) is 4.38. The van der Waals surface area contributed by atoms with Crippen LogP contribution in [0.4, 0.5) is 10.5 Å². The fraction of sp³-hybridized carbons (Fsp3) is 0.348. The third-order valence-electron chi connectivity index (χ3n) is 6.30. The molecule has 3 aliphatic rings. The summed E-state index contributed by atoms with van der Waals surface area (Å²) in [6.45, 7) is 4.76. The van der Waals surface area contributed by atoms with Gasteiger partial charge in [0.15, 0.2) is 0 Å². The van der Waals surface area contributed by atoms with E-state index in [2.05, 4.69) is 15.1 Å². The second-order valence-electron chi connectivity index (χ2n) is 8.44. The number of imide groups is 1. The highest BCUT2D eigenvalue weighted by Gasteiger charge is 2.37. The molecule has 33 heavy (non-hydrogen) atoms. The van der Waals surface area contributed by atoms with Crippen molar-refractivity contribution in [3.05, 3.63) is 63.1 Å². The van der Waals surface area contributed by atoms with Gasteiger partial charge in [0, 0.05) is 49.7 Å². The van der Waals surface area contributed by atoms with Gasteiger partial charge in [-0.15, -0.1) is 0 Å². The lowest BCUT2D eigenvalue weighted by atomic mass is 10.1. The molecule has 0 aromatic heterocycles. The molecular formula is C23H23Cl2N5O3. The summed E-state index contributed by atoms with van der Waals surface area (Å²) >= 11 is 12.5. The Bertz CT molecular complexity index is 1130. The Morgan fingerprint density at radius 3 is 2.42 bits per heavy atom. The van der Waals surface area contributed by atoms with E-state index in [1.54, 1.807) is 6.07 Å². The summed E-state index contributed by atoms with van der Waals surface area (Å²) in [6, 6.07) is 10.8. The zero-order valence-corrected chi connectivity index (χ0v) is 19.4. The predicted octanol–water partition coefficient (Wildman–Crippen LogP) is 3.13. The first-order chi connectivity index (χ1) is 15.9. The molecule has 3 aliphatic heterocycles. The smallest absolute Gasteiger partial charge is 0.342 e. The summed E-state index contributed by atoms with van der Waals surface area (Å²) in [7, 11) is 0. The molecule has 5 rings (SSSR count). The van der Waals surface area contributed by atoms with Gasteiger partial charge in [-0.1, -0.05) is 35.3 Å². The van der Waals surface area contributed by atoms with E-state index in [1.165, 1.54) is 10.0 Å². The number of rotatable bonds is 4. The van der Waals surface area contributed by atoms with Gasteiger partial charge in [0.05, 0.1) is 23.8 Å². The maximum atomic E-state index is 12.8. The zero-order valence-electron chi connectivity index (χ0n) is 17.9. The summed E-state index contributed by atoms with van der Waals surface area (Å²) in [4.78, 5) is 41.0. The van der Waals surface area contributed by atoms with Crippen molar-refractivity contribution in [3.8, 4) is 0 Å². The van der Waals surface area contributed by atoms with E-state index in [9.17, 15) is 14.4 Å². The molecule has 0 aliphatic carbocycles. The highest BCUT2D eigenvalue weighted by molar-refractivity contribution is 6.35. The molecule has 0 atom stereocenters. The van der Waals surface area contributed by atoms with Crippen molar-refractivity contribution >= 4 is 46.7 Å². The molecule has 2 aromatic carbocycles. The Morgan fingerprint density at radius 2 is 1.67 bits per heavy atom. The molecule has 0 unspecified atom stereocenters. The molecule has 4 amide bonds. The second kappa shape index (κ2) is 8.85. The lowest BCUT2D eigenvalue weighted by molar-refractivity contribution is -0.123. The van der Waals surface area contributed by atoms with Crippen LogP contribution in [0, 0.1) is 0 Å². The number of halogens is 2. The lowest BCUT2D eigenvalue weighted by Crippen LogP contribution is -2.56. The highest BCUT2D eigenvalue weighted by atomic mass is 35.5. The van der Waals surface area contributed by atoms with E-state index in [1.807, 2.05) is 30.3 Å². The summed E-state index contributed by atoms with van der Waals surface area (Å²) in [5.74, 6) is -0.534.